The number of Topliss-reactive ketones (excluding diaryl/α,β-unsaturated/α-hetero) is 2. The predicted octanol–water partition coefficient (Wildman–Crippen LogP) is 6.58. The average Bonchev–Trinajstić information content (AvgIpc) is 2.79. The number of carbonyl (C=O) groups excluding carboxylic acids is 2. The highest BCUT2D eigenvalue weighted by atomic mass is 16.5. The summed E-state index contributed by atoms with van der Waals surface area (Å²) in [5.74, 6) is 0.653. The molecular weight excluding hydrogens is 434 g/mol. The fourth-order valence-corrected chi connectivity index (χ4v) is 6.06. The average molecular weight is 470 g/mol. The van der Waals surface area contributed by atoms with E-state index >= 15 is 0 Å². The van der Waals surface area contributed by atoms with Crippen LogP contribution in [0.15, 0.2) is 77.1 Å². The number of ether oxygens (including phenoxy) is 1. The monoisotopic (exact) mass is 469 g/mol. The summed E-state index contributed by atoms with van der Waals surface area (Å²) in [4.78, 5) is 29.6. The maximum absolute atomic E-state index is 13.7. The van der Waals surface area contributed by atoms with Gasteiger partial charge >= 0.3 is 0 Å². The molecule has 1 heterocycles. The summed E-state index contributed by atoms with van der Waals surface area (Å²) in [6.45, 7) is 9.08. The molecule has 0 fully saturated rings. The van der Waals surface area contributed by atoms with Crippen molar-refractivity contribution in [2.45, 2.75) is 65.9 Å². The molecule has 4 nitrogen and oxygen atoms in total. The van der Waals surface area contributed by atoms with Crippen molar-refractivity contribution >= 4 is 11.6 Å². The Bertz CT molecular complexity index is 1190. The van der Waals surface area contributed by atoms with Gasteiger partial charge in [0.2, 0.25) is 0 Å². The Labute approximate surface area is 208 Å². The van der Waals surface area contributed by atoms with Gasteiger partial charge in [-0.1, -0.05) is 76.2 Å². The van der Waals surface area contributed by atoms with Crippen molar-refractivity contribution in [2.24, 2.45) is 10.8 Å². The molecule has 0 radical (unpaired) electrons. The second-order valence-corrected chi connectivity index (χ2v) is 11.9. The number of benzene rings is 2. The van der Waals surface area contributed by atoms with Gasteiger partial charge in [-0.3, -0.25) is 9.59 Å². The molecule has 0 saturated carbocycles. The van der Waals surface area contributed by atoms with E-state index in [1.54, 1.807) is 0 Å². The van der Waals surface area contributed by atoms with Crippen LogP contribution in [0.25, 0.3) is 0 Å². The molecule has 3 aliphatic rings. The van der Waals surface area contributed by atoms with E-state index in [0.717, 1.165) is 52.3 Å². The van der Waals surface area contributed by atoms with E-state index in [4.69, 9.17) is 4.74 Å². The second-order valence-electron chi connectivity index (χ2n) is 11.9. The molecule has 1 aliphatic heterocycles. The fourth-order valence-electron chi connectivity index (χ4n) is 6.06. The third kappa shape index (κ3) is 4.35. The van der Waals surface area contributed by atoms with Gasteiger partial charge in [-0.15, -0.1) is 0 Å². The van der Waals surface area contributed by atoms with Crippen LogP contribution in [0.4, 0.5) is 0 Å². The standard InChI is InChI=1S/C31H35NO3/c1-30(2)15-22-28(24(33)17-30)27(29-23(32(22)5)16-31(3,4)18-25(29)34)21-13-9-10-14-26(21)35-19-20-11-7-6-8-12-20/h6-14,27H,15-19H2,1-5H3. The van der Waals surface area contributed by atoms with Gasteiger partial charge in [0.25, 0.3) is 0 Å². The van der Waals surface area contributed by atoms with Crippen LogP contribution in [-0.4, -0.2) is 23.5 Å². The Hall–Kier alpha value is -3.14. The largest absolute Gasteiger partial charge is 0.489 e. The molecule has 0 atom stereocenters. The van der Waals surface area contributed by atoms with Crippen LogP contribution in [-0.2, 0) is 16.2 Å². The first-order valence-corrected chi connectivity index (χ1v) is 12.6. The van der Waals surface area contributed by atoms with E-state index in [1.807, 2.05) is 61.6 Å². The first kappa shape index (κ1) is 23.6. The molecule has 5 rings (SSSR count). The first-order chi connectivity index (χ1) is 16.6. The van der Waals surface area contributed by atoms with Crippen LogP contribution in [0.3, 0.4) is 0 Å². The Morgan fingerprint density at radius 1 is 0.771 bits per heavy atom. The molecule has 182 valence electrons. The van der Waals surface area contributed by atoms with Crippen LogP contribution < -0.4 is 4.74 Å². The molecule has 2 aromatic rings. The van der Waals surface area contributed by atoms with Crippen LogP contribution in [0.5, 0.6) is 5.75 Å². The zero-order valence-corrected chi connectivity index (χ0v) is 21.5. The van der Waals surface area contributed by atoms with Gasteiger partial charge in [0.05, 0.1) is 0 Å². The van der Waals surface area contributed by atoms with Crippen molar-refractivity contribution in [3.05, 3.63) is 88.3 Å². The summed E-state index contributed by atoms with van der Waals surface area (Å²) in [6.07, 6.45) is 2.62. The topological polar surface area (TPSA) is 46.6 Å². The lowest BCUT2D eigenvalue weighted by molar-refractivity contribution is -0.119. The molecule has 0 N–H and O–H groups in total. The third-order valence-corrected chi connectivity index (χ3v) is 7.65. The van der Waals surface area contributed by atoms with Gasteiger partial charge in [0.1, 0.15) is 12.4 Å². The lowest BCUT2D eigenvalue weighted by atomic mass is 9.63. The minimum Gasteiger partial charge on any atom is -0.489 e. The number of carbonyl (C=O) groups is 2. The summed E-state index contributed by atoms with van der Waals surface area (Å²) < 4.78 is 6.33. The summed E-state index contributed by atoms with van der Waals surface area (Å²) in [5.41, 5.74) is 5.49. The molecule has 0 spiro atoms. The van der Waals surface area contributed by atoms with Crippen molar-refractivity contribution in [2.75, 3.05) is 7.05 Å². The number of para-hydroxylation sites is 1. The zero-order valence-electron chi connectivity index (χ0n) is 21.5. The van der Waals surface area contributed by atoms with Crippen molar-refractivity contribution < 1.29 is 14.3 Å². The lowest BCUT2D eigenvalue weighted by Crippen LogP contribution is -2.43. The molecule has 35 heavy (non-hydrogen) atoms. The van der Waals surface area contributed by atoms with E-state index in [9.17, 15) is 9.59 Å². The van der Waals surface area contributed by atoms with Crippen LogP contribution in [0, 0.1) is 10.8 Å². The minimum absolute atomic E-state index is 0.107. The number of ketones is 2. The maximum Gasteiger partial charge on any atom is 0.162 e. The highest BCUT2D eigenvalue weighted by Crippen LogP contribution is 2.55. The lowest BCUT2D eigenvalue weighted by Gasteiger charge is -2.48. The number of nitrogens with zero attached hydrogens (tertiary/aromatic N) is 1. The fraction of sp³-hybridized carbons (Fsp3) is 0.419. The summed E-state index contributed by atoms with van der Waals surface area (Å²) >= 11 is 0. The molecule has 0 saturated heterocycles. The minimum atomic E-state index is -0.379. The van der Waals surface area contributed by atoms with E-state index in [0.29, 0.717) is 19.4 Å². The molecule has 0 amide bonds. The Morgan fingerprint density at radius 2 is 1.29 bits per heavy atom. The Balaban J connectivity index is 1.66. The quantitative estimate of drug-likeness (QED) is 0.507. The smallest absolute Gasteiger partial charge is 0.162 e. The van der Waals surface area contributed by atoms with Crippen molar-refractivity contribution in [1.82, 2.24) is 4.90 Å². The SMILES string of the molecule is CN1C2=C(C(=O)CC(C)(C)C2)C(c2ccccc2OCc2ccccc2)C2=C1CC(C)(C)CC2=O. The van der Waals surface area contributed by atoms with Gasteiger partial charge < -0.3 is 9.64 Å². The molecule has 0 bridgehead atoms. The Morgan fingerprint density at radius 3 is 1.86 bits per heavy atom. The number of rotatable bonds is 4. The van der Waals surface area contributed by atoms with Crippen molar-refractivity contribution in [3.63, 3.8) is 0 Å². The Kier molecular flexibility index (Phi) is 5.74. The molecular formula is C31H35NO3. The van der Waals surface area contributed by atoms with E-state index in [-0.39, 0.29) is 28.3 Å². The van der Waals surface area contributed by atoms with Gasteiger partial charge in [-0.25, -0.2) is 0 Å². The van der Waals surface area contributed by atoms with Crippen molar-refractivity contribution in [3.8, 4) is 5.75 Å². The normalized spacial score (nSPS) is 21.7. The molecule has 4 heteroatoms. The molecule has 0 unspecified atom stereocenters. The molecule has 2 aliphatic carbocycles. The number of hydrogen-bond donors (Lipinski definition) is 0. The zero-order chi connectivity index (χ0) is 25.0. The predicted molar refractivity (Wildman–Crippen MR) is 138 cm³/mol. The van der Waals surface area contributed by atoms with Gasteiger partial charge in [-0.05, 0) is 35.3 Å². The van der Waals surface area contributed by atoms with Crippen LogP contribution in [0.1, 0.15) is 70.4 Å². The van der Waals surface area contributed by atoms with Crippen LogP contribution in [0.2, 0.25) is 0 Å². The van der Waals surface area contributed by atoms with Gasteiger partial charge in [0, 0.05) is 53.9 Å². The third-order valence-electron chi connectivity index (χ3n) is 7.65. The van der Waals surface area contributed by atoms with E-state index in [2.05, 4.69) is 32.6 Å². The highest BCUT2D eigenvalue weighted by molar-refractivity contribution is 6.07. The van der Waals surface area contributed by atoms with E-state index in [1.165, 1.54) is 0 Å². The van der Waals surface area contributed by atoms with E-state index < -0.39 is 0 Å². The summed E-state index contributed by atoms with van der Waals surface area (Å²) in [7, 11) is 2.04. The summed E-state index contributed by atoms with van der Waals surface area (Å²) in [6, 6.07) is 18.0. The van der Waals surface area contributed by atoms with Gasteiger partial charge in [-0.2, -0.15) is 0 Å². The molecule has 0 aromatic heterocycles. The van der Waals surface area contributed by atoms with Crippen molar-refractivity contribution in [1.29, 1.82) is 0 Å². The second kappa shape index (κ2) is 8.51. The number of hydrogen-bond acceptors (Lipinski definition) is 4. The maximum atomic E-state index is 13.7. The molecule has 2 aromatic carbocycles. The number of allylic oxidation sites excluding steroid dienone is 4. The highest BCUT2D eigenvalue weighted by Gasteiger charge is 2.48. The first-order valence-electron chi connectivity index (χ1n) is 12.6. The van der Waals surface area contributed by atoms with Gasteiger partial charge in [0.15, 0.2) is 11.6 Å². The summed E-state index contributed by atoms with van der Waals surface area (Å²) in [5, 5.41) is 0. The van der Waals surface area contributed by atoms with Crippen LogP contribution >= 0.6 is 0 Å².